The van der Waals surface area contributed by atoms with Gasteiger partial charge in [-0.25, -0.2) is 8.78 Å². The molecule has 1 heterocycles. The van der Waals surface area contributed by atoms with E-state index < -0.39 is 17.4 Å². The monoisotopic (exact) mass is 286 g/mol. The molecule has 0 amide bonds. The lowest BCUT2D eigenvalue weighted by atomic mass is 10.2. The number of ether oxygens (including phenoxy) is 1. The van der Waals surface area contributed by atoms with E-state index in [1.165, 1.54) is 12.1 Å². The summed E-state index contributed by atoms with van der Waals surface area (Å²) in [4.78, 5) is 0. The van der Waals surface area contributed by atoms with Gasteiger partial charge in [0.2, 0.25) is 0 Å². The van der Waals surface area contributed by atoms with Crippen molar-refractivity contribution in [2.45, 2.75) is 19.4 Å². The molecule has 19 heavy (non-hydrogen) atoms. The van der Waals surface area contributed by atoms with Gasteiger partial charge in [0.25, 0.3) is 0 Å². The molecule has 102 valence electrons. The van der Waals surface area contributed by atoms with Gasteiger partial charge in [-0.05, 0) is 30.7 Å². The van der Waals surface area contributed by atoms with Gasteiger partial charge in [0.15, 0.2) is 17.4 Å². The highest BCUT2D eigenvalue weighted by atomic mass is 35.5. The maximum atomic E-state index is 13.7. The summed E-state index contributed by atoms with van der Waals surface area (Å²) in [5.74, 6) is -1.86. The number of hydrogen-bond acceptors (Lipinski definition) is 2. The fourth-order valence-electron chi connectivity index (χ4n) is 1.77. The third-order valence-corrected chi connectivity index (χ3v) is 2.98. The minimum Gasteiger partial charge on any atom is -0.481 e. The fraction of sp³-hybridized carbons (Fsp3) is 0.308. The Morgan fingerprint density at radius 1 is 1.26 bits per heavy atom. The quantitative estimate of drug-likeness (QED) is 0.806. The van der Waals surface area contributed by atoms with Crippen LogP contribution in [-0.4, -0.2) is 9.78 Å². The summed E-state index contributed by atoms with van der Waals surface area (Å²) < 4.78 is 34.1. The number of aromatic nitrogens is 2. The van der Waals surface area contributed by atoms with Crippen molar-refractivity contribution in [3.05, 3.63) is 46.8 Å². The molecule has 2 aromatic rings. The molecule has 2 rings (SSSR count). The average molecular weight is 287 g/mol. The lowest BCUT2D eigenvalue weighted by molar-refractivity contribution is 0.265. The molecule has 6 heteroatoms. The van der Waals surface area contributed by atoms with Gasteiger partial charge in [0.1, 0.15) is 6.61 Å². The van der Waals surface area contributed by atoms with E-state index in [1.54, 1.807) is 17.8 Å². The topological polar surface area (TPSA) is 27.1 Å². The first-order valence-corrected chi connectivity index (χ1v) is 6.21. The van der Waals surface area contributed by atoms with Crippen LogP contribution in [0.15, 0.2) is 18.2 Å². The smallest absolute Gasteiger partial charge is 0.191 e. The second-order valence-electron chi connectivity index (χ2n) is 4.21. The second-order valence-corrected chi connectivity index (χ2v) is 4.48. The predicted molar refractivity (Wildman–Crippen MR) is 68.2 cm³/mol. The molecule has 0 saturated carbocycles. The van der Waals surface area contributed by atoms with E-state index in [9.17, 15) is 8.78 Å². The van der Waals surface area contributed by atoms with E-state index in [1.807, 2.05) is 6.92 Å². The molecule has 0 fully saturated rings. The third kappa shape index (κ3) is 3.04. The third-order valence-electron chi connectivity index (χ3n) is 2.68. The summed E-state index contributed by atoms with van der Waals surface area (Å²) in [5.41, 5.74) is 1.93. The molecular weight excluding hydrogens is 274 g/mol. The van der Waals surface area contributed by atoms with Crippen LogP contribution < -0.4 is 4.74 Å². The van der Waals surface area contributed by atoms with E-state index in [0.29, 0.717) is 5.56 Å². The number of hydrogen-bond donors (Lipinski definition) is 0. The zero-order valence-corrected chi connectivity index (χ0v) is 11.3. The van der Waals surface area contributed by atoms with Gasteiger partial charge >= 0.3 is 0 Å². The zero-order chi connectivity index (χ0) is 14.0. The Morgan fingerprint density at radius 3 is 2.37 bits per heavy atom. The van der Waals surface area contributed by atoms with Crippen molar-refractivity contribution >= 4 is 11.6 Å². The molecular formula is C13H13ClF2N2O. The van der Waals surface area contributed by atoms with Gasteiger partial charge in [0.05, 0.1) is 11.4 Å². The van der Waals surface area contributed by atoms with Crippen molar-refractivity contribution in [1.29, 1.82) is 0 Å². The summed E-state index contributed by atoms with van der Waals surface area (Å²) in [7, 11) is 1.75. The number of rotatable bonds is 4. The van der Waals surface area contributed by atoms with Crippen LogP contribution in [0.2, 0.25) is 0 Å². The molecule has 0 aliphatic carbocycles. The van der Waals surface area contributed by atoms with Gasteiger partial charge in [-0.2, -0.15) is 5.10 Å². The number of benzene rings is 1. The summed E-state index contributed by atoms with van der Waals surface area (Å²) in [5, 5.41) is 4.13. The minimum atomic E-state index is -0.755. The Morgan fingerprint density at radius 2 is 1.89 bits per heavy atom. The Hall–Kier alpha value is -1.62. The summed E-state index contributed by atoms with van der Waals surface area (Å²) >= 11 is 5.53. The van der Waals surface area contributed by atoms with Crippen molar-refractivity contribution < 1.29 is 13.5 Å². The van der Waals surface area contributed by atoms with E-state index in [2.05, 4.69) is 5.10 Å². The first-order chi connectivity index (χ1) is 9.01. The van der Waals surface area contributed by atoms with Gasteiger partial charge in [-0.1, -0.05) is 0 Å². The molecule has 1 aromatic heterocycles. The molecule has 1 aromatic carbocycles. The predicted octanol–water partition coefficient (Wildman–Crippen LogP) is 3.32. The Balaban J connectivity index is 2.18. The van der Waals surface area contributed by atoms with Crippen molar-refractivity contribution in [1.82, 2.24) is 9.78 Å². The Bertz CT molecular complexity index is 575. The summed E-state index contributed by atoms with van der Waals surface area (Å²) in [6.07, 6.45) is 0. The van der Waals surface area contributed by atoms with Crippen LogP contribution in [0.25, 0.3) is 0 Å². The molecule has 0 saturated heterocycles. The highest BCUT2D eigenvalue weighted by Gasteiger charge is 2.13. The standard InChI is InChI=1S/C13H13ClF2N2O/c1-8-3-10(18(2)17-8)7-19-13-11(15)4-9(6-14)5-12(13)16/h3-5H,6-7H2,1-2H3. The average Bonchev–Trinajstić information content (AvgIpc) is 2.66. The Kier molecular flexibility index (Phi) is 4.04. The van der Waals surface area contributed by atoms with Crippen molar-refractivity contribution in [3.8, 4) is 5.75 Å². The van der Waals surface area contributed by atoms with Crippen LogP contribution in [-0.2, 0) is 19.5 Å². The molecule has 0 aliphatic heterocycles. The van der Waals surface area contributed by atoms with Crippen LogP contribution in [0.5, 0.6) is 5.75 Å². The van der Waals surface area contributed by atoms with Gasteiger partial charge in [0, 0.05) is 12.9 Å². The first-order valence-electron chi connectivity index (χ1n) is 5.67. The van der Waals surface area contributed by atoms with Crippen LogP contribution in [0.3, 0.4) is 0 Å². The van der Waals surface area contributed by atoms with Crippen molar-refractivity contribution in [2.75, 3.05) is 0 Å². The number of halogens is 3. The fourth-order valence-corrected chi connectivity index (χ4v) is 1.93. The normalized spacial score (nSPS) is 10.8. The van der Waals surface area contributed by atoms with Gasteiger partial charge in [-0.3, -0.25) is 4.68 Å². The highest BCUT2D eigenvalue weighted by molar-refractivity contribution is 6.17. The summed E-state index contributed by atoms with van der Waals surface area (Å²) in [6, 6.07) is 4.13. The minimum absolute atomic E-state index is 0.0470. The number of alkyl halides is 1. The van der Waals surface area contributed by atoms with Crippen molar-refractivity contribution in [3.63, 3.8) is 0 Å². The second kappa shape index (κ2) is 5.57. The maximum absolute atomic E-state index is 13.7. The van der Waals surface area contributed by atoms with Crippen molar-refractivity contribution in [2.24, 2.45) is 7.05 Å². The van der Waals surface area contributed by atoms with Gasteiger partial charge in [-0.15, -0.1) is 11.6 Å². The summed E-state index contributed by atoms with van der Waals surface area (Å²) in [6.45, 7) is 1.88. The molecule has 0 bridgehead atoms. The molecule has 0 spiro atoms. The van der Waals surface area contributed by atoms with E-state index in [4.69, 9.17) is 16.3 Å². The number of aryl methyl sites for hydroxylation is 2. The van der Waals surface area contributed by atoms with E-state index in [0.717, 1.165) is 11.4 Å². The molecule has 0 N–H and O–H groups in total. The molecule has 0 atom stereocenters. The van der Waals surface area contributed by atoms with Crippen LogP contribution in [0.1, 0.15) is 17.0 Å². The number of nitrogens with zero attached hydrogens (tertiary/aromatic N) is 2. The lowest BCUT2D eigenvalue weighted by Gasteiger charge is -2.09. The molecule has 0 aliphatic rings. The van der Waals surface area contributed by atoms with Crippen LogP contribution in [0.4, 0.5) is 8.78 Å². The SMILES string of the molecule is Cc1cc(COc2c(F)cc(CCl)cc2F)n(C)n1. The molecule has 3 nitrogen and oxygen atoms in total. The van der Waals surface area contributed by atoms with Crippen LogP contribution >= 0.6 is 11.6 Å². The van der Waals surface area contributed by atoms with E-state index >= 15 is 0 Å². The Labute approximate surface area is 114 Å². The highest BCUT2D eigenvalue weighted by Crippen LogP contribution is 2.25. The molecule has 0 unspecified atom stereocenters. The van der Waals surface area contributed by atoms with Gasteiger partial charge < -0.3 is 4.74 Å². The lowest BCUT2D eigenvalue weighted by Crippen LogP contribution is -2.05. The molecule has 0 radical (unpaired) electrons. The van der Waals surface area contributed by atoms with E-state index in [-0.39, 0.29) is 12.5 Å². The van der Waals surface area contributed by atoms with Crippen LogP contribution in [0, 0.1) is 18.6 Å². The maximum Gasteiger partial charge on any atom is 0.191 e. The zero-order valence-electron chi connectivity index (χ0n) is 10.6. The largest absolute Gasteiger partial charge is 0.481 e. The first kappa shape index (κ1) is 13.8.